The highest BCUT2D eigenvalue weighted by Crippen LogP contribution is 2.24. The normalized spacial score (nSPS) is 19.0. The number of aromatic nitrogens is 2. The van der Waals surface area contributed by atoms with Gasteiger partial charge in [0.15, 0.2) is 5.82 Å². The Hall–Kier alpha value is -1.83. The molecule has 2 heterocycles. The van der Waals surface area contributed by atoms with Crippen LogP contribution in [0, 0.1) is 5.82 Å². The van der Waals surface area contributed by atoms with E-state index in [1.54, 1.807) is 13.2 Å². The Morgan fingerprint density at radius 3 is 2.60 bits per heavy atom. The van der Waals surface area contributed by atoms with E-state index in [0.29, 0.717) is 18.3 Å². The van der Waals surface area contributed by atoms with Crippen LogP contribution in [0.1, 0.15) is 43.3 Å². The Labute approximate surface area is 147 Å². The third-order valence-electron chi connectivity index (χ3n) is 4.87. The van der Waals surface area contributed by atoms with Crippen molar-refractivity contribution in [1.29, 1.82) is 0 Å². The maximum absolute atomic E-state index is 14.0. The Morgan fingerprint density at radius 2 is 1.92 bits per heavy atom. The molecule has 25 heavy (non-hydrogen) atoms. The number of piperazine rings is 1. The number of ether oxygens (including phenoxy) is 1. The van der Waals surface area contributed by atoms with Gasteiger partial charge in [-0.15, -0.1) is 0 Å². The first kappa shape index (κ1) is 18.0. The van der Waals surface area contributed by atoms with Gasteiger partial charge < -0.3 is 9.26 Å². The van der Waals surface area contributed by atoms with Crippen LogP contribution in [0.25, 0.3) is 0 Å². The summed E-state index contributed by atoms with van der Waals surface area (Å²) in [5.74, 6) is 1.04. The summed E-state index contributed by atoms with van der Waals surface area (Å²) in [6.45, 7) is 8.11. The van der Waals surface area contributed by atoms with Gasteiger partial charge in [0.25, 0.3) is 0 Å². The summed E-state index contributed by atoms with van der Waals surface area (Å²) in [4.78, 5) is 8.96. The molecule has 7 heteroatoms. The van der Waals surface area contributed by atoms with Gasteiger partial charge in [-0.1, -0.05) is 23.4 Å². The number of benzene rings is 1. The van der Waals surface area contributed by atoms with E-state index in [1.165, 1.54) is 6.07 Å². The van der Waals surface area contributed by atoms with Crippen molar-refractivity contribution in [2.24, 2.45) is 0 Å². The van der Waals surface area contributed by atoms with Crippen molar-refractivity contribution in [3.63, 3.8) is 0 Å². The molecular weight excluding hydrogens is 323 g/mol. The smallest absolute Gasteiger partial charge is 0.240 e. The standard InChI is InChI=1S/C18H25FN4O2/c1-13(15-6-4-5-7-16(15)19)23-10-8-22(9-11-23)12-17-20-18(21-25-17)14(2)24-3/h4-7,13-14H,8-12H2,1-3H3/t13-,14+/m0/s1. The molecule has 2 atom stereocenters. The Kier molecular flexibility index (Phi) is 5.78. The van der Waals surface area contributed by atoms with Gasteiger partial charge in [0, 0.05) is 44.9 Å². The largest absolute Gasteiger partial charge is 0.374 e. The number of rotatable bonds is 6. The van der Waals surface area contributed by atoms with E-state index in [9.17, 15) is 4.39 Å². The maximum Gasteiger partial charge on any atom is 0.240 e. The minimum absolute atomic E-state index is 0.0703. The van der Waals surface area contributed by atoms with E-state index >= 15 is 0 Å². The molecule has 0 saturated carbocycles. The van der Waals surface area contributed by atoms with Crippen molar-refractivity contribution in [2.45, 2.75) is 32.5 Å². The molecule has 136 valence electrons. The molecule has 1 aromatic carbocycles. The van der Waals surface area contributed by atoms with Crippen molar-refractivity contribution >= 4 is 0 Å². The number of nitrogens with zero attached hydrogens (tertiary/aromatic N) is 4. The second kappa shape index (κ2) is 8.03. The van der Waals surface area contributed by atoms with Gasteiger partial charge >= 0.3 is 0 Å². The SMILES string of the molecule is CO[C@H](C)c1noc(CN2CCN([C@@H](C)c3ccccc3F)CC2)n1. The zero-order chi connectivity index (χ0) is 17.8. The highest BCUT2D eigenvalue weighted by molar-refractivity contribution is 5.20. The predicted octanol–water partition coefficient (Wildman–Crippen LogP) is 2.79. The Bertz CT molecular complexity index is 685. The fourth-order valence-electron chi connectivity index (χ4n) is 3.11. The third-order valence-corrected chi connectivity index (χ3v) is 4.87. The lowest BCUT2D eigenvalue weighted by Crippen LogP contribution is -2.46. The van der Waals surface area contributed by atoms with Crippen molar-refractivity contribution in [3.05, 3.63) is 47.4 Å². The van der Waals surface area contributed by atoms with E-state index in [4.69, 9.17) is 9.26 Å². The number of hydrogen-bond donors (Lipinski definition) is 0. The van der Waals surface area contributed by atoms with E-state index < -0.39 is 0 Å². The topological polar surface area (TPSA) is 54.6 Å². The molecule has 0 amide bonds. The van der Waals surface area contributed by atoms with Crippen molar-refractivity contribution < 1.29 is 13.7 Å². The summed E-state index contributed by atoms with van der Waals surface area (Å²) >= 11 is 0. The molecule has 1 aliphatic rings. The van der Waals surface area contributed by atoms with Crippen LogP contribution in [0.2, 0.25) is 0 Å². The molecule has 1 fully saturated rings. The fourth-order valence-corrected chi connectivity index (χ4v) is 3.11. The lowest BCUT2D eigenvalue weighted by Gasteiger charge is -2.37. The molecule has 3 rings (SSSR count). The molecule has 1 aliphatic heterocycles. The minimum atomic E-state index is -0.170. The summed E-state index contributed by atoms with van der Waals surface area (Å²) in [5.41, 5.74) is 0.756. The van der Waals surface area contributed by atoms with Crippen molar-refractivity contribution in [3.8, 4) is 0 Å². The van der Waals surface area contributed by atoms with Crippen LogP contribution < -0.4 is 0 Å². The monoisotopic (exact) mass is 348 g/mol. The molecule has 1 aromatic heterocycles. The van der Waals surface area contributed by atoms with E-state index in [-0.39, 0.29) is 18.0 Å². The van der Waals surface area contributed by atoms with Gasteiger partial charge in [0.2, 0.25) is 5.89 Å². The average Bonchev–Trinajstić information content (AvgIpc) is 3.10. The van der Waals surface area contributed by atoms with Gasteiger partial charge in [-0.3, -0.25) is 9.80 Å². The van der Waals surface area contributed by atoms with Crippen LogP contribution in [-0.4, -0.2) is 53.2 Å². The molecule has 1 saturated heterocycles. The molecule has 0 spiro atoms. The lowest BCUT2D eigenvalue weighted by atomic mass is 10.1. The van der Waals surface area contributed by atoms with E-state index in [0.717, 1.165) is 31.7 Å². The lowest BCUT2D eigenvalue weighted by molar-refractivity contribution is 0.0892. The summed E-state index contributed by atoms with van der Waals surface area (Å²) in [7, 11) is 1.62. The summed E-state index contributed by atoms with van der Waals surface area (Å²) in [6, 6.07) is 7.08. The van der Waals surface area contributed by atoms with Crippen LogP contribution in [0.15, 0.2) is 28.8 Å². The maximum atomic E-state index is 14.0. The number of methoxy groups -OCH3 is 1. The summed E-state index contributed by atoms with van der Waals surface area (Å²) in [6.07, 6.45) is -0.170. The first-order valence-corrected chi connectivity index (χ1v) is 8.64. The summed E-state index contributed by atoms with van der Waals surface area (Å²) in [5, 5.41) is 3.96. The molecule has 0 bridgehead atoms. The predicted molar refractivity (Wildman–Crippen MR) is 91.4 cm³/mol. The van der Waals surface area contributed by atoms with Crippen molar-refractivity contribution in [2.75, 3.05) is 33.3 Å². The number of halogens is 1. The highest BCUT2D eigenvalue weighted by Gasteiger charge is 2.25. The molecule has 2 aromatic rings. The number of hydrogen-bond acceptors (Lipinski definition) is 6. The van der Waals surface area contributed by atoms with Gasteiger partial charge in [-0.05, 0) is 19.9 Å². The molecule has 0 radical (unpaired) electrons. The van der Waals surface area contributed by atoms with Crippen LogP contribution >= 0.6 is 0 Å². The zero-order valence-corrected chi connectivity index (χ0v) is 15.0. The van der Waals surface area contributed by atoms with Crippen LogP contribution in [0.4, 0.5) is 4.39 Å². The second-order valence-corrected chi connectivity index (χ2v) is 6.43. The van der Waals surface area contributed by atoms with Crippen molar-refractivity contribution in [1.82, 2.24) is 19.9 Å². The van der Waals surface area contributed by atoms with Crippen LogP contribution in [0.3, 0.4) is 0 Å². The van der Waals surface area contributed by atoms with Gasteiger partial charge in [-0.2, -0.15) is 4.98 Å². The van der Waals surface area contributed by atoms with Crippen LogP contribution in [0.5, 0.6) is 0 Å². The zero-order valence-electron chi connectivity index (χ0n) is 15.0. The quantitative estimate of drug-likeness (QED) is 0.800. The Morgan fingerprint density at radius 1 is 1.20 bits per heavy atom. The first-order chi connectivity index (χ1) is 12.1. The fraction of sp³-hybridized carbons (Fsp3) is 0.556. The second-order valence-electron chi connectivity index (χ2n) is 6.43. The highest BCUT2D eigenvalue weighted by atomic mass is 19.1. The van der Waals surface area contributed by atoms with E-state index in [2.05, 4.69) is 26.9 Å². The van der Waals surface area contributed by atoms with E-state index in [1.807, 2.05) is 19.1 Å². The van der Waals surface area contributed by atoms with Gasteiger partial charge in [0.1, 0.15) is 11.9 Å². The molecule has 6 nitrogen and oxygen atoms in total. The molecule has 0 N–H and O–H groups in total. The minimum Gasteiger partial charge on any atom is -0.374 e. The first-order valence-electron chi connectivity index (χ1n) is 8.64. The average molecular weight is 348 g/mol. The van der Waals surface area contributed by atoms with Gasteiger partial charge in [0.05, 0.1) is 6.54 Å². The molecule has 0 unspecified atom stereocenters. The molecular formula is C18H25FN4O2. The summed E-state index contributed by atoms with van der Waals surface area (Å²) < 4.78 is 24.5. The van der Waals surface area contributed by atoms with Gasteiger partial charge in [-0.25, -0.2) is 4.39 Å². The molecule has 0 aliphatic carbocycles. The third kappa shape index (κ3) is 4.23. The Balaban J connectivity index is 1.53. The van der Waals surface area contributed by atoms with Crippen LogP contribution in [-0.2, 0) is 11.3 Å².